The maximum absolute atomic E-state index is 14.8. The van der Waals surface area contributed by atoms with Crippen molar-refractivity contribution in [2.24, 2.45) is 0 Å². The standard InChI is InChI=1S/C21H22F2N6O3S/c1-21(2,3)32-20(31)27-18-15(25-11-33-18)19(30)29(16-12(22)6-4-7-13(16)23)14-10-26-28-9-5-8-24-17(14)28/h4,6-7,10-11,24H,5,8-9H2,1-3H3,(H,27,31). The molecule has 2 aromatic heterocycles. The lowest BCUT2D eigenvalue weighted by atomic mass is 10.2. The van der Waals surface area contributed by atoms with Crippen LogP contribution in [0.25, 0.3) is 0 Å². The van der Waals surface area contributed by atoms with E-state index in [2.05, 4.69) is 20.7 Å². The molecule has 9 nitrogen and oxygen atoms in total. The van der Waals surface area contributed by atoms with E-state index in [-0.39, 0.29) is 16.4 Å². The molecule has 0 saturated carbocycles. The third kappa shape index (κ3) is 4.65. The maximum Gasteiger partial charge on any atom is 0.412 e. The van der Waals surface area contributed by atoms with Gasteiger partial charge in [0, 0.05) is 13.1 Å². The molecule has 174 valence electrons. The Bertz CT molecular complexity index is 1180. The molecule has 0 atom stereocenters. The Labute approximate surface area is 192 Å². The van der Waals surface area contributed by atoms with Gasteiger partial charge in [0.05, 0.1) is 11.7 Å². The summed E-state index contributed by atoms with van der Waals surface area (Å²) >= 11 is 0.985. The topological polar surface area (TPSA) is 101 Å². The number of amides is 2. The minimum atomic E-state index is -0.934. The predicted octanol–water partition coefficient (Wildman–Crippen LogP) is 4.76. The lowest BCUT2D eigenvalue weighted by Crippen LogP contribution is -2.31. The van der Waals surface area contributed by atoms with E-state index in [1.54, 1.807) is 25.5 Å². The summed E-state index contributed by atoms with van der Waals surface area (Å²) in [6.45, 7) is 6.30. The van der Waals surface area contributed by atoms with Crippen molar-refractivity contribution in [1.29, 1.82) is 0 Å². The number of fused-ring (bicyclic) bond motifs is 1. The minimum Gasteiger partial charge on any atom is -0.444 e. The second-order valence-electron chi connectivity index (χ2n) is 8.25. The number of anilines is 4. The first-order valence-electron chi connectivity index (χ1n) is 10.2. The van der Waals surface area contributed by atoms with Crippen molar-refractivity contribution in [3.63, 3.8) is 0 Å². The van der Waals surface area contributed by atoms with Gasteiger partial charge in [0.25, 0.3) is 5.91 Å². The van der Waals surface area contributed by atoms with Crippen LogP contribution in [0.15, 0.2) is 29.9 Å². The molecule has 4 rings (SSSR count). The summed E-state index contributed by atoms with van der Waals surface area (Å²) in [5, 5.41) is 9.95. The van der Waals surface area contributed by atoms with Crippen LogP contribution in [-0.2, 0) is 11.3 Å². The Kier molecular flexibility index (Phi) is 6.02. The molecule has 2 amide bonds. The number of rotatable bonds is 4. The zero-order valence-electron chi connectivity index (χ0n) is 18.2. The molecule has 1 aromatic carbocycles. The maximum atomic E-state index is 14.8. The van der Waals surface area contributed by atoms with Crippen LogP contribution in [0.3, 0.4) is 0 Å². The number of benzene rings is 1. The number of para-hydroxylation sites is 1. The van der Waals surface area contributed by atoms with Crippen LogP contribution in [0.2, 0.25) is 0 Å². The van der Waals surface area contributed by atoms with Gasteiger partial charge in [0.1, 0.15) is 39.4 Å². The molecule has 33 heavy (non-hydrogen) atoms. The fourth-order valence-corrected chi connectivity index (χ4v) is 4.01. The molecule has 12 heteroatoms. The first-order valence-corrected chi connectivity index (χ1v) is 11.1. The number of thiazole rings is 1. The van der Waals surface area contributed by atoms with Crippen LogP contribution in [0.5, 0.6) is 0 Å². The molecule has 3 heterocycles. The number of carbonyl (C=O) groups excluding carboxylic acids is 2. The Morgan fingerprint density at radius 3 is 2.70 bits per heavy atom. The van der Waals surface area contributed by atoms with E-state index in [0.29, 0.717) is 18.9 Å². The van der Waals surface area contributed by atoms with E-state index in [4.69, 9.17) is 4.74 Å². The van der Waals surface area contributed by atoms with E-state index >= 15 is 0 Å². The largest absolute Gasteiger partial charge is 0.444 e. The van der Waals surface area contributed by atoms with Gasteiger partial charge < -0.3 is 10.1 Å². The zero-order chi connectivity index (χ0) is 23.8. The van der Waals surface area contributed by atoms with E-state index in [9.17, 15) is 18.4 Å². The van der Waals surface area contributed by atoms with Gasteiger partial charge in [-0.1, -0.05) is 6.07 Å². The van der Waals surface area contributed by atoms with E-state index in [0.717, 1.165) is 34.8 Å². The molecule has 0 fully saturated rings. The molecule has 0 unspecified atom stereocenters. The highest BCUT2D eigenvalue weighted by Gasteiger charge is 2.33. The number of nitrogens with one attached hydrogen (secondary N) is 2. The van der Waals surface area contributed by atoms with Crippen LogP contribution in [-0.4, -0.2) is 38.9 Å². The van der Waals surface area contributed by atoms with Gasteiger partial charge in [-0.05, 0) is 39.3 Å². The van der Waals surface area contributed by atoms with Crippen molar-refractivity contribution in [3.05, 3.63) is 47.2 Å². The predicted molar refractivity (Wildman–Crippen MR) is 120 cm³/mol. The molecule has 2 N–H and O–H groups in total. The van der Waals surface area contributed by atoms with Gasteiger partial charge in [-0.25, -0.2) is 23.2 Å². The highest BCUT2D eigenvalue weighted by Crippen LogP contribution is 2.38. The molecule has 0 radical (unpaired) electrons. The molecular weight excluding hydrogens is 454 g/mol. The average Bonchev–Trinajstić information content (AvgIpc) is 3.36. The normalized spacial score (nSPS) is 13.1. The molecule has 0 bridgehead atoms. The van der Waals surface area contributed by atoms with E-state index in [1.807, 2.05) is 0 Å². The van der Waals surface area contributed by atoms with Gasteiger partial charge >= 0.3 is 6.09 Å². The van der Waals surface area contributed by atoms with Crippen molar-refractivity contribution in [2.75, 3.05) is 22.1 Å². The Balaban J connectivity index is 1.77. The molecule has 1 aliphatic rings. The van der Waals surface area contributed by atoms with Gasteiger partial charge in [-0.15, -0.1) is 11.3 Å². The lowest BCUT2D eigenvalue weighted by molar-refractivity contribution is 0.0636. The third-order valence-corrected chi connectivity index (χ3v) is 5.39. The first-order chi connectivity index (χ1) is 15.7. The van der Waals surface area contributed by atoms with E-state index in [1.165, 1.54) is 17.8 Å². The average molecular weight is 477 g/mol. The molecule has 0 spiro atoms. The molecule has 0 aliphatic carbocycles. The highest BCUT2D eigenvalue weighted by molar-refractivity contribution is 7.14. The quantitative estimate of drug-likeness (QED) is 0.563. The van der Waals surface area contributed by atoms with Crippen LogP contribution >= 0.6 is 11.3 Å². The molecular formula is C21H22F2N6O3S. The van der Waals surface area contributed by atoms with Crippen LogP contribution in [0, 0.1) is 11.6 Å². The summed E-state index contributed by atoms with van der Waals surface area (Å²) in [5.74, 6) is -2.25. The molecule has 3 aromatic rings. The number of hydrogen-bond acceptors (Lipinski definition) is 7. The highest BCUT2D eigenvalue weighted by atomic mass is 32.1. The SMILES string of the molecule is CC(C)(C)OC(=O)Nc1scnc1C(=O)N(c1cnn2c1NCCC2)c1c(F)cccc1F. The summed E-state index contributed by atoms with van der Waals surface area (Å²) in [4.78, 5) is 30.9. The second-order valence-corrected chi connectivity index (χ2v) is 9.10. The fraction of sp³-hybridized carbons (Fsp3) is 0.333. The van der Waals surface area contributed by atoms with Gasteiger partial charge in [-0.2, -0.15) is 5.10 Å². The monoisotopic (exact) mass is 476 g/mol. The van der Waals surface area contributed by atoms with Crippen molar-refractivity contribution in [2.45, 2.75) is 39.3 Å². The number of halogens is 2. The zero-order valence-corrected chi connectivity index (χ0v) is 19.0. The third-order valence-electron chi connectivity index (χ3n) is 4.65. The number of hydrogen-bond donors (Lipinski definition) is 2. The second kappa shape index (κ2) is 8.77. The van der Waals surface area contributed by atoms with Gasteiger partial charge in [0.2, 0.25) is 0 Å². The van der Waals surface area contributed by atoms with Crippen LogP contribution < -0.4 is 15.5 Å². The summed E-state index contributed by atoms with van der Waals surface area (Å²) in [5.41, 5.74) is -0.00258. The van der Waals surface area contributed by atoms with Gasteiger partial charge in [-0.3, -0.25) is 15.0 Å². The number of carbonyl (C=O) groups is 2. The summed E-state index contributed by atoms with van der Waals surface area (Å²) in [7, 11) is 0. The smallest absolute Gasteiger partial charge is 0.412 e. The Morgan fingerprint density at radius 2 is 2.00 bits per heavy atom. The molecule has 0 saturated heterocycles. The minimum absolute atomic E-state index is 0.0880. The van der Waals surface area contributed by atoms with Crippen molar-refractivity contribution in [3.8, 4) is 0 Å². The number of aryl methyl sites for hydroxylation is 1. The van der Waals surface area contributed by atoms with Crippen LogP contribution in [0.4, 0.5) is 35.8 Å². The number of aromatic nitrogens is 3. The van der Waals surface area contributed by atoms with Crippen molar-refractivity contribution >= 4 is 45.5 Å². The molecule has 1 aliphatic heterocycles. The van der Waals surface area contributed by atoms with Gasteiger partial charge in [0.15, 0.2) is 5.69 Å². The first kappa shape index (κ1) is 22.6. The summed E-state index contributed by atoms with van der Waals surface area (Å²) in [6, 6.07) is 3.33. The fourth-order valence-electron chi connectivity index (χ4n) is 3.35. The van der Waals surface area contributed by atoms with Crippen LogP contribution in [0.1, 0.15) is 37.7 Å². The number of nitrogens with zero attached hydrogens (tertiary/aromatic N) is 4. The van der Waals surface area contributed by atoms with Crippen molar-refractivity contribution < 1.29 is 23.1 Å². The Hall–Kier alpha value is -3.54. The summed E-state index contributed by atoms with van der Waals surface area (Å²) in [6.07, 6.45) is 1.39. The Morgan fingerprint density at radius 1 is 1.27 bits per heavy atom. The number of ether oxygens (including phenoxy) is 1. The summed E-state index contributed by atoms with van der Waals surface area (Å²) < 4.78 is 36.5. The van der Waals surface area contributed by atoms with E-state index < -0.39 is 34.9 Å². The van der Waals surface area contributed by atoms with Crippen molar-refractivity contribution in [1.82, 2.24) is 14.8 Å². The lowest BCUT2D eigenvalue weighted by Gasteiger charge is -2.25.